The van der Waals surface area contributed by atoms with Gasteiger partial charge in [0.05, 0.1) is 12.6 Å². The largest absolute Gasteiger partial charge is 0.281 e. The standard InChI is InChI=1S/C15H22N2/c1-2-4-17(5-3-16)15-9-12-6-13(10-15)8-14(7-12)11-15/h2,12-14H,1,4-11H2. The highest BCUT2D eigenvalue weighted by Gasteiger charge is 2.53. The van der Waals surface area contributed by atoms with Gasteiger partial charge >= 0.3 is 0 Å². The summed E-state index contributed by atoms with van der Waals surface area (Å²) in [5.41, 5.74) is 0.360. The predicted octanol–water partition coefficient (Wildman–Crippen LogP) is 2.97. The summed E-state index contributed by atoms with van der Waals surface area (Å²) in [6.45, 7) is 5.33. The van der Waals surface area contributed by atoms with E-state index < -0.39 is 0 Å². The first-order valence-corrected chi connectivity index (χ1v) is 6.98. The first kappa shape index (κ1) is 11.3. The average molecular weight is 230 g/mol. The van der Waals surface area contributed by atoms with E-state index in [9.17, 15) is 0 Å². The quantitative estimate of drug-likeness (QED) is 0.548. The van der Waals surface area contributed by atoms with E-state index in [0.717, 1.165) is 24.3 Å². The molecule has 0 saturated heterocycles. The monoisotopic (exact) mass is 230 g/mol. The Morgan fingerprint density at radius 1 is 1.18 bits per heavy atom. The number of hydrogen-bond donors (Lipinski definition) is 0. The van der Waals surface area contributed by atoms with Gasteiger partial charge < -0.3 is 0 Å². The van der Waals surface area contributed by atoms with Crippen LogP contribution in [-0.4, -0.2) is 23.5 Å². The Bertz CT molecular complexity index is 317. The highest BCUT2D eigenvalue weighted by molar-refractivity contribution is 5.09. The topological polar surface area (TPSA) is 27.0 Å². The van der Waals surface area contributed by atoms with Crippen molar-refractivity contribution in [3.05, 3.63) is 12.7 Å². The maximum absolute atomic E-state index is 9.04. The Hall–Kier alpha value is -0.810. The molecule has 0 aromatic heterocycles. The fourth-order valence-electron chi connectivity index (χ4n) is 5.12. The van der Waals surface area contributed by atoms with Gasteiger partial charge in [-0.05, 0) is 56.3 Å². The van der Waals surface area contributed by atoms with Gasteiger partial charge in [-0.2, -0.15) is 5.26 Å². The molecule has 17 heavy (non-hydrogen) atoms. The summed E-state index contributed by atoms with van der Waals surface area (Å²) in [6, 6.07) is 2.36. The summed E-state index contributed by atoms with van der Waals surface area (Å²) < 4.78 is 0. The molecule has 4 rings (SSSR count). The van der Waals surface area contributed by atoms with Gasteiger partial charge in [0.1, 0.15) is 0 Å². The van der Waals surface area contributed by atoms with E-state index in [4.69, 9.17) is 5.26 Å². The summed E-state index contributed by atoms with van der Waals surface area (Å²) in [5.74, 6) is 2.85. The van der Waals surface area contributed by atoms with Crippen molar-refractivity contribution in [1.29, 1.82) is 5.26 Å². The van der Waals surface area contributed by atoms with E-state index in [1.54, 1.807) is 0 Å². The van der Waals surface area contributed by atoms with Crippen LogP contribution in [0, 0.1) is 29.1 Å². The van der Waals surface area contributed by atoms with Crippen molar-refractivity contribution in [2.75, 3.05) is 13.1 Å². The van der Waals surface area contributed by atoms with Gasteiger partial charge in [0.2, 0.25) is 0 Å². The van der Waals surface area contributed by atoms with Crippen LogP contribution in [-0.2, 0) is 0 Å². The van der Waals surface area contributed by atoms with Crippen LogP contribution < -0.4 is 0 Å². The molecule has 0 N–H and O–H groups in total. The fourth-order valence-corrected chi connectivity index (χ4v) is 5.12. The Kier molecular flexibility index (Phi) is 2.75. The van der Waals surface area contributed by atoms with E-state index in [1.165, 1.54) is 38.5 Å². The molecule has 4 aliphatic carbocycles. The molecule has 0 amide bonds. The summed E-state index contributed by atoms with van der Waals surface area (Å²) in [5, 5.41) is 9.04. The lowest BCUT2D eigenvalue weighted by molar-refractivity contribution is -0.0800. The number of nitriles is 1. The molecule has 0 heterocycles. The zero-order valence-electron chi connectivity index (χ0n) is 10.6. The molecular weight excluding hydrogens is 208 g/mol. The van der Waals surface area contributed by atoms with Crippen molar-refractivity contribution < 1.29 is 0 Å². The van der Waals surface area contributed by atoms with E-state index >= 15 is 0 Å². The van der Waals surface area contributed by atoms with Crippen LogP contribution in [0.15, 0.2) is 12.7 Å². The molecule has 2 heteroatoms. The molecule has 4 bridgehead atoms. The third-order valence-corrected chi connectivity index (χ3v) is 5.29. The SMILES string of the molecule is C=CCN(CC#N)C12CC3CC(CC(C3)C1)C2. The Morgan fingerprint density at radius 3 is 2.12 bits per heavy atom. The first-order valence-electron chi connectivity index (χ1n) is 6.98. The second-order valence-corrected chi connectivity index (χ2v) is 6.47. The molecule has 0 atom stereocenters. The molecule has 4 aliphatic rings. The summed E-state index contributed by atoms with van der Waals surface area (Å²) in [6.07, 6.45) is 10.4. The van der Waals surface area contributed by atoms with E-state index in [2.05, 4.69) is 17.5 Å². The normalized spacial score (nSPS) is 42.7. The Labute approximate surface area is 104 Å². The number of hydrogen-bond acceptors (Lipinski definition) is 2. The van der Waals surface area contributed by atoms with Crippen LogP contribution in [0.2, 0.25) is 0 Å². The van der Waals surface area contributed by atoms with Crippen LogP contribution in [0.3, 0.4) is 0 Å². The van der Waals surface area contributed by atoms with Gasteiger partial charge in [-0.1, -0.05) is 6.08 Å². The van der Waals surface area contributed by atoms with E-state index in [0.29, 0.717) is 12.1 Å². The van der Waals surface area contributed by atoms with Gasteiger partial charge in [-0.25, -0.2) is 0 Å². The van der Waals surface area contributed by atoms with Crippen LogP contribution in [0.25, 0.3) is 0 Å². The van der Waals surface area contributed by atoms with Crippen molar-refractivity contribution in [1.82, 2.24) is 4.90 Å². The number of nitrogens with zero attached hydrogens (tertiary/aromatic N) is 2. The minimum absolute atomic E-state index is 0.360. The van der Waals surface area contributed by atoms with Crippen LogP contribution >= 0.6 is 0 Å². The van der Waals surface area contributed by atoms with Crippen molar-refractivity contribution in [2.45, 2.75) is 44.1 Å². The highest BCUT2D eigenvalue weighted by atomic mass is 15.2. The lowest BCUT2D eigenvalue weighted by Gasteiger charge is -2.60. The average Bonchev–Trinajstić information content (AvgIpc) is 2.27. The Balaban J connectivity index is 1.84. The molecule has 0 unspecified atom stereocenters. The minimum atomic E-state index is 0.360. The smallest absolute Gasteiger partial charge is 0.0873 e. The van der Waals surface area contributed by atoms with Crippen molar-refractivity contribution in [3.63, 3.8) is 0 Å². The second kappa shape index (κ2) is 4.14. The Morgan fingerprint density at radius 2 is 1.71 bits per heavy atom. The molecule has 92 valence electrons. The van der Waals surface area contributed by atoms with Crippen LogP contribution in [0.1, 0.15) is 38.5 Å². The molecular formula is C15H22N2. The predicted molar refractivity (Wildman–Crippen MR) is 68.3 cm³/mol. The van der Waals surface area contributed by atoms with E-state index in [-0.39, 0.29) is 0 Å². The van der Waals surface area contributed by atoms with Crippen molar-refractivity contribution >= 4 is 0 Å². The molecule has 2 nitrogen and oxygen atoms in total. The summed E-state index contributed by atoms with van der Waals surface area (Å²) >= 11 is 0. The molecule has 4 saturated carbocycles. The molecule has 0 aliphatic heterocycles. The van der Waals surface area contributed by atoms with Crippen LogP contribution in [0.5, 0.6) is 0 Å². The fraction of sp³-hybridized carbons (Fsp3) is 0.800. The summed E-state index contributed by atoms with van der Waals surface area (Å²) in [4.78, 5) is 2.42. The van der Waals surface area contributed by atoms with Crippen molar-refractivity contribution in [3.8, 4) is 6.07 Å². The third-order valence-electron chi connectivity index (χ3n) is 5.29. The first-order chi connectivity index (χ1) is 8.25. The van der Waals surface area contributed by atoms with Crippen LogP contribution in [0.4, 0.5) is 0 Å². The maximum atomic E-state index is 9.04. The molecule has 0 aromatic rings. The van der Waals surface area contributed by atoms with Gasteiger partial charge in [-0.3, -0.25) is 4.90 Å². The highest BCUT2D eigenvalue weighted by Crippen LogP contribution is 2.57. The summed E-state index contributed by atoms with van der Waals surface area (Å²) in [7, 11) is 0. The molecule has 0 radical (unpaired) electrons. The lowest BCUT2D eigenvalue weighted by atomic mass is 9.52. The molecule has 4 fully saturated rings. The van der Waals surface area contributed by atoms with Crippen molar-refractivity contribution in [2.24, 2.45) is 17.8 Å². The van der Waals surface area contributed by atoms with Gasteiger partial charge in [-0.15, -0.1) is 6.58 Å². The third kappa shape index (κ3) is 1.81. The number of rotatable bonds is 4. The van der Waals surface area contributed by atoms with Gasteiger partial charge in [0.15, 0.2) is 0 Å². The van der Waals surface area contributed by atoms with Gasteiger partial charge in [0.25, 0.3) is 0 Å². The zero-order chi connectivity index (χ0) is 11.9. The van der Waals surface area contributed by atoms with Gasteiger partial charge in [0, 0.05) is 12.1 Å². The zero-order valence-corrected chi connectivity index (χ0v) is 10.6. The second-order valence-electron chi connectivity index (χ2n) is 6.47. The molecule has 0 aromatic carbocycles. The lowest BCUT2D eigenvalue weighted by Crippen LogP contribution is -2.60. The molecule has 0 spiro atoms. The minimum Gasteiger partial charge on any atom is -0.281 e. The maximum Gasteiger partial charge on any atom is 0.0873 e. The van der Waals surface area contributed by atoms with E-state index in [1.807, 2.05) is 6.08 Å².